The minimum absolute atomic E-state index is 0.238. The van der Waals surface area contributed by atoms with Gasteiger partial charge < -0.3 is 4.90 Å². The number of piperazine rings is 1. The van der Waals surface area contributed by atoms with Gasteiger partial charge in [0.1, 0.15) is 11.6 Å². The van der Waals surface area contributed by atoms with E-state index < -0.39 is 0 Å². The highest BCUT2D eigenvalue weighted by Crippen LogP contribution is 2.21. The Morgan fingerprint density at radius 1 is 1.12 bits per heavy atom. The molecule has 0 amide bonds. The van der Waals surface area contributed by atoms with Crippen LogP contribution in [0.1, 0.15) is 12.5 Å². The average molecular weight is 337 g/mol. The molecule has 1 fully saturated rings. The molecule has 3 aromatic rings. The van der Waals surface area contributed by atoms with Gasteiger partial charge in [-0.05, 0) is 25.1 Å². The summed E-state index contributed by atoms with van der Waals surface area (Å²) < 4.78 is 13.8. The van der Waals surface area contributed by atoms with Gasteiger partial charge in [0.05, 0.1) is 23.4 Å². The van der Waals surface area contributed by atoms with Gasteiger partial charge in [0, 0.05) is 44.0 Å². The first-order valence-corrected chi connectivity index (χ1v) is 8.50. The molecule has 2 aromatic heterocycles. The fraction of sp³-hybridized carbons (Fsp3) is 0.316. The van der Waals surface area contributed by atoms with Crippen molar-refractivity contribution in [2.75, 3.05) is 24.5 Å². The highest BCUT2D eigenvalue weighted by Gasteiger charge is 2.25. The molecule has 6 heteroatoms. The summed E-state index contributed by atoms with van der Waals surface area (Å²) in [6.07, 6.45) is 4.76. The maximum absolute atomic E-state index is 13.8. The first kappa shape index (κ1) is 15.9. The number of hydrogen-bond donors (Lipinski definition) is 0. The standard InChI is InChI=1S/C19H20FN5/c1-14-12-25(19-11-22-17-4-2-3-5-18(17)23-19)9-8-24(14)13-15-6-7-21-10-16(15)20/h2-7,10-11,14H,8-9,12-13H2,1H3. The average Bonchev–Trinajstić information content (AvgIpc) is 2.64. The van der Waals surface area contributed by atoms with Crippen LogP contribution in [-0.4, -0.2) is 45.5 Å². The smallest absolute Gasteiger partial charge is 0.147 e. The summed E-state index contributed by atoms with van der Waals surface area (Å²) >= 11 is 0. The largest absolute Gasteiger partial charge is 0.352 e. The van der Waals surface area contributed by atoms with Crippen LogP contribution < -0.4 is 4.90 Å². The zero-order valence-corrected chi connectivity index (χ0v) is 14.1. The Hall–Kier alpha value is -2.60. The van der Waals surface area contributed by atoms with E-state index in [2.05, 4.69) is 26.7 Å². The number of anilines is 1. The summed E-state index contributed by atoms with van der Waals surface area (Å²) in [6.45, 7) is 5.33. The van der Waals surface area contributed by atoms with Crippen LogP contribution in [0.2, 0.25) is 0 Å². The number of hydrogen-bond acceptors (Lipinski definition) is 5. The molecule has 4 rings (SSSR count). The van der Waals surface area contributed by atoms with E-state index in [1.165, 1.54) is 6.20 Å². The molecule has 0 radical (unpaired) electrons. The Morgan fingerprint density at radius 2 is 1.96 bits per heavy atom. The second kappa shape index (κ2) is 6.72. The zero-order valence-electron chi connectivity index (χ0n) is 14.1. The van der Waals surface area contributed by atoms with Crippen molar-refractivity contribution >= 4 is 16.9 Å². The van der Waals surface area contributed by atoms with Gasteiger partial charge in [-0.2, -0.15) is 0 Å². The van der Waals surface area contributed by atoms with Crippen LogP contribution in [0.4, 0.5) is 10.2 Å². The molecule has 1 atom stereocenters. The number of rotatable bonds is 3. The van der Waals surface area contributed by atoms with Crippen LogP contribution in [0.5, 0.6) is 0 Å². The van der Waals surface area contributed by atoms with E-state index in [4.69, 9.17) is 4.98 Å². The van der Waals surface area contributed by atoms with Crippen molar-refractivity contribution in [3.8, 4) is 0 Å². The first-order chi connectivity index (χ1) is 12.2. The van der Waals surface area contributed by atoms with Crippen molar-refractivity contribution in [3.05, 3.63) is 60.3 Å². The molecule has 0 spiro atoms. The highest BCUT2D eigenvalue weighted by molar-refractivity contribution is 5.75. The molecule has 0 saturated carbocycles. The predicted molar refractivity (Wildman–Crippen MR) is 95.8 cm³/mol. The summed E-state index contributed by atoms with van der Waals surface area (Å²) in [5.74, 6) is 0.665. The lowest BCUT2D eigenvalue weighted by molar-refractivity contribution is 0.178. The van der Waals surface area contributed by atoms with Gasteiger partial charge >= 0.3 is 0 Å². The van der Waals surface area contributed by atoms with E-state index >= 15 is 0 Å². The molecular formula is C19H20FN5. The van der Waals surface area contributed by atoms with Crippen LogP contribution in [0.3, 0.4) is 0 Å². The lowest BCUT2D eigenvalue weighted by Gasteiger charge is -2.40. The molecule has 5 nitrogen and oxygen atoms in total. The minimum atomic E-state index is -0.238. The summed E-state index contributed by atoms with van der Waals surface area (Å²) in [5.41, 5.74) is 2.51. The van der Waals surface area contributed by atoms with Gasteiger partial charge in [-0.25, -0.2) is 9.37 Å². The van der Waals surface area contributed by atoms with Crippen LogP contribution in [-0.2, 0) is 6.54 Å². The van der Waals surface area contributed by atoms with Gasteiger partial charge in [-0.15, -0.1) is 0 Å². The van der Waals surface area contributed by atoms with E-state index in [1.54, 1.807) is 12.3 Å². The normalized spacial score (nSPS) is 18.6. The van der Waals surface area contributed by atoms with Gasteiger partial charge in [0.15, 0.2) is 0 Å². The Labute approximate surface area is 146 Å². The first-order valence-electron chi connectivity index (χ1n) is 8.50. The fourth-order valence-corrected chi connectivity index (χ4v) is 3.29. The third-order valence-corrected chi connectivity index (χ3v) is 4.75. The van der Waals surface area contributed by atoms with Crippen molar-refractivity contribution in [1.29, 1.82) is 0 Å². The number of pyridine rings is 1. The van der Waals surface area contributed by atoms with Crippen LogP contribution in [0.25, 0.3) is 11.0 Å². The zero-order chi connectivity index (χ0) is 17.2. The molecular weight excluding hydrogens is 317 g/mol. The number of aromatic nitrogens is 3. The SMILES string of the molecule is CC1CN(c2cnc3ccccc3n2)CCN1Cc1ccncc1F. The number of benzene rings is 1. The summed E-state index contributed by atoms with van der Waals surface area (Å²) in [6, 6.07) is 9.95. The molecule has 1 saturated heterocycles. The van der Waals surface area contributed by atoms with Gasteiger partial charge in [0.2, 0.25) is 0 Å². The fourth-order valence-electron chi connectivity index (χ4n) is 3.29. The summed E-state index contributed by atoms with van der Waals surface area (Å²) in [5, 5.41) is 0. The Kier molecular flexibility index (Phi) is 4.28. The maximum atomic E-state index is 13.8. The van der Waals surface area contributed by atoms with Gasteiger partial charge in [-0.3, -0.25) is 14.9 Å². The van der Waals surface area contributed by atoms with Crippen LogP contribution in [0.15, 0.2) is 48.9 Å². The number of halogens is 1. The number of para-hydroxylation sites is 2. The predicted octanol–water partition coefficient (Wildman–Crippen LogP) is 2.87. The van der Waals surface area contributed by atoms with E-state index in [0.717, 1.165) is 36.5 Å². The number of nitrogens with zero attached hydrogens (tertiary/aromatic N) is 5. The molecule has 0 aliphatic carbocycles. The molecule has 1 unspecified atom stereocenters. The topological polar surface area (TPSA) is 45.2 Å². The monoisotopic (exact) mass is 337 g/mol. The molecule has 1 aromatic carbocycles. The molecule has 25 heavy (non-hydrogen) atoms. The van der Waals surface area contributed by atoms with Gasteiger partial charge in [-0.1, -0.05) is 12.1 Å². The van der Waals surface area contributed by atoms with Crippen molar-refractivity contribution in [2.24, 2.45) is 0 Å². The Morgan fingerprint density at radius 3 is 2.76 bits per heavy atom. The Balaban J connectivity index is 1.48. The molecule has 3 heterocycles. The van der Waals surface area contributed by atoms with Crippen molar-refractivity contribution in [3.63, 3.8) is 0 Å². The van der Waals surface area contributed by atoms with E-state index in [9.17, 15) is 4.39 Å². The van der Waals surface area contributed by atoms with Gasteiger partial charge in [0.25, 0.3) is 0 Å². The van der Waals surface area contributed by atoms with Crippen molar-refractivity contribution in [2.45, 2.75) is 19.5 Å². The molecule has 1 aliphatic rings. The molecule has 128 valence electrons. The quantitative estimate of drug-likeness (QED) is 0.735. The molecule has 0 N–H and O–H groups in total. The summed E-state index contributed by atoms with van der Waals surface area (Å²) in [7, 11) is 0. The van der Waals surface area contributed by atoms with Crippen LogP contribution >= 0.6 is 0 Å². The Bertz CT molecular complexity index is 884. The van der Waals surface area contributed by atoms with E-state index in [0.29, 0.717) is 18.2 Å². The van der Waals surface area contributed by atoms with Crippen molar-refractivity contribution in [1.82, 2.24) is 19.9 Å². The summed E-state index contributed by atoms with van der Waals surface area (Å²) in [4.78, 5) is 17.6. The second-order valence-electron chi connectivity index (χ2n) is 6.45. The van der Waals surface area contributed by atoms with Crippen LogP contribution in [0, 0.1) is 5.82 Å². The third kappa shape index (κ3) is 3.30. The number of fused-ring (bicyclic) bond motifs is 1. The molecule has 1 aliphatic heterocycles. The lowest BCUT2D eigenvalue weighted by Crippen LogP contribution is -2.51. The third-order valence-electron chi connectivity index (χ3n) is 4.75. The van der Waals surface area contributed by atoms with Crippen molar-refractivity contribution < 1.29 is 4.39 Å². The highest BCUT2D eigenvalue weighted by atomic mass is 19.1. The minimum Gasteiger partial charge on any atom is -0.352 e. The molecule has 0 bridgehead atoms. The maximum Gasteiger partial charge on any atom is 0.147 e. The van der Waals surface area contributed by atoms with E-state index in [1.807, 2.05) is 30.5 Å². The second-order valence-corrected chi connectivity index (χ2v) is 6.45. The lowest BCUT2D eigenvalue weighted by atomic mass is 10.1. The van der Waals surface area contributed by atoms with E-state index in [-0.39, 0.29) is 5.82 Å².